The van der Waals surface area contributed by atoms with Crippen molar-refractivity contribution in [2.24, 2.45) is 17.6 Å². The number of hydrogen-bond acceptors (Lipinski definition) is 3. The summed E-state index contributed by atoms with van der Waals surface area (Å²) in [4.78, 5) is 13.4. The summed E-state index contributed by atoms with van der Waals surface area (Å²) < 4.78 is 0. The lowest BCUT2D eigenvalue weighted by atomic mass is 9.88. The normalized spacial score (nSPS) is 28.9. The Kier molecular flexibility index (Phi) is 5.60. The fourth-order valence-electron chi connectivity index (χ4n) is 2.49. The standard InChI is InChI=1S/C14H28N2O2/c1-11-6-9-16(10-12(11)2)8-5-4-7-14(3,15)13(17)18/h11-12H,4-10,15H2,1-3H3,(H,17,18). The second kappa shape index (κ2) is 6.53. The van der Waals surface area contributed by atoms with Crippen LogP contribution in [-0.4, -0.2) is 41.1 Å². The topological polar surface area (TPSA) is 66.6 Å². The van der Waals surface area contributed by atoms with E-state index in [0.29, 0.717) is 6.42 Å². The smallest absolute Gasteiger partial charge is 0.323 e. The number of carboxylic acid groups (broad SMARTS) is 1. The molecule has 1 rings (SSSR count). The van der Waals surface area contributed by atoms with Gasteiger partial charge in [-0.15, -0.1) is 0 Å². The van der Waals surface area contributed by atoms with Crippen LogP contribution in [0.5, 0.6) is 0 Å². The number of likely N-dealkylation sites (tertiary alicyclic amines) is 1. The van der Waals surface area contributed by atoms with Gasteiger partial charge in [0, 0.05) is 6.54 Å². The molecule has 0 radical (unpaired) electrons. The molecule has 0 aliphatic carbocycles. The van der Waals surface area contributed by atoms with Gasteiger partial charge in [-0.05, 0) is 57.5 Å². The summed E-state index contributed by atoms with van der Waals surface area (Å²) in [7, 11) is 0. The lowest BCUT2D eigenvalue weighted by Gasteiger charge is -2.35. The quantitative estimate of drug-likeness (QED) is 0.713. The molecule has 3 unspecified atom stereocenters. The zero-order valence-corrected chi connectivity index (χ0v) is 12.0. The molecular weight excluding hydrogens is 228 g/mol. The number of hydrogen-bond donors (Lipinski definition) is 2. The number of aliphatic carboxylic acids is 1. The summed E-state index contributed by atoms with van der Waals surface area (Å²) in [6.45, 7) is 9.68. The largest absolute Gasteiger partial charge is 0.480 e. The van der Waals surface area contributed by atoms with Gasteiger partial charge in [0.05, 0.1) is 0 Å². The van der Waals surface area contributed by atoms with Crippen molar-refractivity contribution in [3.63, 3.8) is 0 Å². The second-order valence-electron chi connectivity index (χ2n) is 6.22. The van der Waals surface area contributed by atoms with Gasteiger partial charge in [0.2, 0.25) is 0 Å². The molecular formula is C14H28N2O2. The van der Waals surface area contributed by atoms with Crippen LogP contribution in [0.25, 0.3) is 0 Å². The van der Waals surface area contributed by atoms with E-state index in [1.54, 1.807) is 6.92 Å². The highest BCUT2D eigenvalue weighted by Crippen LogP contribution is 2.22. The number of nitrogens with zero attached hydrogens (tertiary/aromatic N) is 1. The maximum absolute atomic E-state index is 10.9. The predicted octanol–water partition coefficient (Wildman–Crippen LogP) is 1.94. The molecule has 0 amide bonds. The van der Waals surface area contributed by atoms with Crippen molar-refractivity contribution in [1.29, 1.82) is 0 Å². The van der Waals surface area contributed by atoms with Gasteiger partial charge in [0.25, 0.3) is 0 Å². The Morgan fingerprint density at radius 3 is 2.61 bits per heavy atom. The highest BCUT2D eigenvalue weighted by Gasteiger charge is 2.27. The average molecular weight is 256 g/mol. The Labute approximate surface area is 111 Å². The van der Waals surface area contributed by atoms with E-state index in [4.69, 9.17) is 10.8 Å². The summed E-state index contributed by atoms with van der Waals surface area (Å²) in [5.41, 5.74) is 4.64. The molecule has 0 aromatic heterocycles. The number of piperidine rings is 1. The van der Waals surface area contributed by atoms with Gasteiger partial charge >= 0.3 is 5.97 Å². The zero-order valence-electron chi connectivity index (χ0n) is 12.0. The fraction of sp³-hybridized carbons (Fsp3) is 0.929. The molecule has 18 heavy (non-hydrogen) atoms. The third kappa shape index (κ3) is 4.58. The van der Waals surface area contributed by atoms with Crippen LogP contribution in [0.3, 0.4) is 0 Å². The SMILES string of the molecule is CC1CCN(CCCCC(C)(N)C(=O)O)CC1C. The third-order valence-electron chi connectivity index (χ3n) is 4.33. The van der Waals surface area contributed by atoms with Gasteiger partial charge in [-0.2, -0.15) is 0 Å². The lowest BCUT2D eigenvalue weighted by Crippen LogP contribution is -2.44. The Morgan fingerprint density at radius 2 is 2.06 bits per heavy atom. The summed E-state index contributed by atoms with van der Waals surface area (Å²) in [6, 6.07) is 0. The van der Waals surface area contributed by atoms with Crippen LogP contribution >= 0.6 is 0 Å². The van der Waals surface area contributed by atoms with E-state index < -0.39 is 11.5 Å². The van der Waals surface area contributed by atoms with Gasteiger partial charge in [0.1, 0.15) is 5.54 Å². The minimum atomic E-state index is -1.07. The van der Waals surface area contributed by atoms with Gasteiger partial charge in [-0.3, -0.25) is 4.79 Å². The van der Waals surface area contributed by atoms with Crippen molar-refractivity contribution >= 4 is 5.97 Å². The van der Waals surface area contributed by atoms with E-state index in [2.05, 4.69) is 18.7 Å². The van der Waals surface area contributed by atoms with Crippen molar-refractivity contribution in [2.45, 2.75) is 52.0 Å². The monoisotopic (exact) mass is 256 g/mol. The van der Waals surface area contributed by atoms with Crippen LogP contribution in [0, 0.1) is 11.8 Å². The third-order valence-corrected chi connectivity index (χ3v) is 4.33. The molecule has 1 saturated heterocycles. The molecule has 0 saturated carbocycles. The molecule has 4 nitrogen and oxygen atoms in total. The van der Waals surface area contributed by atoms with Crippen LogP contribution in [0.2, 0.25) is 0 Å². The first-order chi connectivity index (χ1) is 8.33. The van der Waals surface area contributed by atoms with Gasteiger partial charge in [-0.25, -0.2) is 0 Å². The van der Waals surface area contributed by atoms with Crippen LogP contribution in [0.1, 0.15) is 46.5 Å². The molecule has 3 atom stereocenters. The maximum Gasteiger partial charge on any atom is 0.323 e. The Hall–Kier alpha value is -0.610. The van der Waals surface area contributed by atoms with E-state index in [9.17, 15) is 4.79 Å². The molecule has 0 aromatic carbocycles. The fourth-order valence-corrected chi connectivity index (χ4v) is 2.49. The zero-order chi connectivity index (χ0) is 13.8. The highest BCUT2D eigenvalue weighted by atomic mass is 16.4. The molecule has 1 fully saturated rings. The van der Waals surface area contributed by atoms with Gasteiger partial charge < -0.3 is 15.7 Å². The predicted molar refractivity (Wildman–Crippen MR) is 73.5 cm³/mol. The molecule has 3 N–H and O–H groups in total. The number of nitrogens with two attached hydrogens (primary N) is 1. The summed E-state index contributed by atoms with van der Waals surface area (Å²) >= 11 is 0. The second-order valence-corrected chi connectivity index (χ2v) is 6.22. The summed E-state index contributed by atoms with van der Waals surface area (Å²) in [5.74, 6) is 0.709. The van der Waals surface area contributed by atoms with Crippen LogP contribution in [0.15, 0.2) is 0 Å². The average Bonchev–Trinajstić information content (AvgIpc) is 2.29. The Morgan fingerprint density at radius 1 is 1.39 bits per heavy atom. The first kappa shape index (κ1) is 15.4. The van der Waals surface area contributed by atoms with Crippen molar-refractivity contribution in [3.8, 4) is 0 Å². The summed E-state index contributed by atoms with van der Waals surface area (Å²) in [6.07, 6.45) is 3.77. The number of unbranched alkanes of at least 4 members (excludes halogenated alkanes) is 1. The van der Waals surface area contributed by atoms with E-state index >= 15 is 0 Å². The van der Waals surface area contributed by atoms with E-state index in [1.165, 1.54) is 19.5 Å². The molecule has 106 valence electrons. The first-order valence-corrected chi connectivity index (χ1v) is 7.07. The molecule has 0 aromatic rings. The molecule has 0 spiro atoms. The van der Waals surface area contributed by atoms with Crippen molar-refractivity contribution in [1.82, 2.24) is 4.90 Å². The molecule has 0 bridgehead atoms. The molecule has 1 heterocycles. The highest BCUT2D eigenvalue weighted by molar-refractivity contribution is 5.77. The number of carbonyl (C=O) groups is 1. The molecule has 1 aliphatic heterocycles. The maximum atomic E-state index is 10.9. The molecule has 1 aliphatic rings. The van der Waals surface area contributed by atoms with Crippen LogP contribution < -0.4 is 5.73 Å². The van der Waals surface area contributed by atoms with Crippen molar-refractivity contribution < 1.29 is 9.90 Å². The van der Waals surface area contributed by atoms with E-state index in [1.807, 2.05) is 0 Å². The number of carboxylic acids is 1. The lowest BCUT2D eigenvalue weighted by molar-refractivity contribution is -0.142. The minimum Gasteiger partial charge on any atom is -0.480 e. The van der Waals surface area contributed by atoms with Gasteiger partial charge in [-0.1, -0.05) is 13.8 Å². The minimum absolute atomic E-state index is 0.558. The Bertz CT molecular complexity index is 279. The summed E-state index contributed by atoms with van der Waals surface area (Å²) in [5, 5.41) is 8.92. The van der Waals surface area contributed by atoms with Crippen LogP contribution in [-0.2, 0) is 4.79 Å². The van der Waals surface area contributed by atoms with E-state index in [0.717, 1.165) is 31.2 Å². The number of rotatable bonds is 6. The van der Waals surface area contributed by atoms with Crippen molar-refractivity contribution in [3.05, 3.63) is 0 Å². The Balaban J connectivity index is 2.17. The molecule has 4 heteroatoms. The van der Waals surface area contributed by atoms with E-state index in [-0.39, 0.29) is 0 Å². The van der Waals surface area contributed by atoms with Crippen molar-refractivity contribution in [2.75, 3.05) is 19.6 Å². The first-order valence-electron chi connectivity index (χ1n) is 7.07. The van der Waals surface area contributed by atoms with Crippen LogP contribution in [0.4, 0.5) is 0 Å². The van der Waals surface area contributed by atoms with Gasteiger partial charge in [0.15, 0.2) is 0 Å².